The van der Waals surface area contributed by atoms with Crippen molar-refractivity contribution in [2.24, 2.45) is 0 Å². The minimum atomic E-state index is -0.227. The van der Waals surface area contributed by atoms with Crippen LogP contribution in [-0.2, 0) is 9.59 Å². The first-order valence-electron chi connectivity index (χ1n) is 5.34. The molecule has 1 amide bonds. The number of amides is 1. The van der Waals surface area contributed by atoms with Crippen molar-refractivity contribution in [3.8, 4) is 0 Å². The Balaban J connectivity index is 2.33. The molecular weight excluding hydrogens is 204 g/mol. The number of nitrogens with zero attached hydrogens (tertiary/aromatic N) is 1. The molecule has 1 aliphatic heterocycles. The molecule has 84 valence electrons. The van der Waals surface area contributed by atoms with Gasteiger partial charge in [0.1, 0.15) is 12.3 Å². The fourth-order valence-electron chi connectivity index (χ4n) is 1.92. The average molecular weight is 218 g/mol. The molecule has 1 unspecified atom stereocenters. The molecule has 16 heavy (non-hydrogen) atoms. The van der Waals surface area contributed by atoms with E-state index in [0.717, 1.165) is 17.7 Å². The van der Waals surface area contributed by atoms with Crippen LogP contribution < -0.4 is 10.2 Å². The summed E-state index contributed by atoms with van der Waals surface area (Å²) in [6, 6.07) is 7.40. The summed E-state index contributed by atoms with van der Waals surface area (Å²) in [7, 11) is 0. The van der Waals surface area contributed by atoms with Crippen molar-refractivity contribution in [1.29, 1.82) is 0 Å². The van der Waals surface area contributed by atoms with E-state index in [1.165, 1.54) is 0 Å². The van der Waals surface area contributed by atoms with Crippen molar-refractivity contribution in [2.45, 2.75) is 19.4 Å². The molecule has 1 heterocycles. The van der Waals surface area contributed by atoms with E-state index in [-0.39, 0.29) is 11.9 Å². The zero-order valence-corrected chi connectivity index (χ0v) is 9.14. The summed E-state index contributed by atoms with van der Waals surface area (Å²) in [5.41, 5.74) is 1.80. The maximum Gasteiger partial charge on any atom is 0.246 e. The van der Waals surface area contributed by atoms with E-state index >= 15 is 0 Å². The number of carbonyl (C=O) groups is 2. The Kier molecular flexibility index (Phi) is 2.90. The Morgan fingerprint density at radius 3 is 2.94 bits per heavy atom. The second-order valence-corrected chi connectivity index (χ2v) is 3.83. The number of benzene rings is 1. The van der Waals surface area contributed by atoms with Crippen molar-refractivity contribution in [2.75, 3.05) is 16.8 Å². The van der Waals surface area contributed by atoms with Gasteiger partial charge in [-0.1, -0.05) is 12.1 Å². The topological polar surface area (TPSA) is 49.4 Å². The summed E-state index contributed by atoms with van der Waals surface area (Å²) < 4.78 is 0. The number of rotatable bonds is 3. The molecule has 4 nitrogen and oxygen atoms in total. The van der Waals surface area contributed by atoms with Gasteiger partial charge >= 0.3 is 0 Å². The smallest absolute Gasteiger partial charge is 0.246 e. The summed E-state index contributed by atoms with van der Waals surface area (Å²) in [5.74, 6) is -0.0235. The molecular formula is C12H14N2O2. The van der Waals surface area contributed by atoms with E-state index in [1.807, 2.05) is 36.1 Å². The molecule has 1 aromatic carbocycles. The molecule has 1 aromatic rings. The van der Waals surface area contributed by atoms with Crippen LogP contribution in [-0.4, -0.2) is 24.8 Å². The molecule has 0 saturated carbocycles. The number of para-hydroxylation sites is 2. The van der Waals surface area contributed by atoms with Gasteiger partial charge in [-0.2, -0.15) is 0 Å². The first-order chi connectivity index (χ1) is 7.74. The molecule has 0 aromatic heterocycles. The number of carbonyl (C=O) groups excluding carboxylic acids is 2. The van der Waals surface area contributed by atoms with Crippen LogP contribution >= 0.6 is 0 Å². The Morgan fingerprint density at radius 1 is 1.44 bits per heavy atom. The molecule has 0 fully saturated rings. The van der Waals surface area contributed by atoms with Gasteiger partial charge in [-0.05, 0) is 19.1 Å². The second kappa shape index (κ2) is 4.35. The van der Waals surface area contributed by atoms with Crippen molar-refractivity contribution < 1.29 is 9.59 Å². The Labute approximate surface area is 94.2 Å². The predicted octanol–water partition coefficient (Wildman–Crippen LogP) is 1.42. The van der Waals surface area contributed by atoms with E-state index in [4.69, 9.17) is 0 Å². The Morgan fingerprint density at radius 2 is 2.19 bits per heavy atom. The minimum absolute atomic E-state index is 0.0235. The van der Waals surface area contributed by atoms with Gasteiger partial charge in [0.25, 0.3) is 0 Å². The number of aldehydes is 1. The van der Waals surface area contributed by atoms with E-state index in [2.05, 4.69) is 5.32 Å². The molecule has 2 rings (SSSR count). The van der Waals surface area contributed by atoms with Gasteiger partial charge in [0.2, 0.25) is 5.91 Å². The van der Waals surface area contributed by atoms with Gasteiger partial charge in [0.05, 0.1) is 11.4 Å². The monoisotopic (exact) mass is 218 g/mol. The maximum absolute atomic E-state index is 11.7. The lowest BCUT2D eigenvalue weighted by Crippen LogP contribution is -2.46. The molecule has 4 heteroatoms. The molecule has 0 radical (unpaired) electrons. The highest BCUT2D eigenvalue weighted by Crippen LogP contribution is 2.31. The zero-order valence-electron chi connectivity index (χ0n) is 9.14. The fraction of sp³-hybridized carbons (Fsp3) is 0.333. The highest BCUT2D eigenvalue weighted by atomic mass is 16.2. The summed E-state index contributed by atoms with van der Waals surface area (Å²) in [4.78, 5) is 24.1. The summed E-state index contributed by atoms with van der Waals surface area (Å²) >= 11 is 0. The van der Waals surface area contributed by atoms with E-state index in [9.17, 15) is 9.59 Å². The molecule has 0 spiro atoms. The number of nitrogens with one attached hydrogen (secondary N) is 1. The third kappa shape index (κ3) is 1.78. The third-order valence-electron chi connectivity index (χ3n) is 2.81. The number of anilines is 2. The first-order valence-corrected chi connectivity index (χ1v) is 5.34. The van der Waals surface area contributed by atoms with E-state index in [0.29, 0.717) is 13.0 Å². The van der Waals surface area contributed by atoms with Crippen LogP contribution in [0.25, 0.3) is 0 Å². The molecule has 1 aliphatic rings. The third-order valence-corrected chi connectivity index (χ3v) is 2.81. The lowest BCUT2D eigenvalue weighted by Gasteiger charge is -2.35. The largest absolute Gasteiger partial charge is 0.358 e. The molecule has 1 N–H and O–H groups in total. The van der Waals surface area contributed by atoms with Gasteiger partial charge in [0, 0.05) is 13.0 Å². The van der Waals surface area contributed by atoms with Gasteiger partial charge in [0.15, 0.2) is 0 Å². The summed E-state index contributed by atoms with van der Waals surface area (Å²) in [5, 5.41) is 2.85. The quantitative estimate of drug-likeness (QED) is 0.781. The van der Waals surface area contributed by atoms with Crippen molar-refractivity contribution >= 4 is 23.6 Å². The number of hydrogen-bond acceptors (Lipinski definition) is 3. The van der Waals surface area contributed by atoms with Gasteiger partial charge < -0.3 is 15.0 Å². The van der Waals surface area contributed by atoms with Gasteiger partial charge in [-0.15, -0.1) is 0 Å². The highest BCUT2D eigenvalue weighted by Gasteiger charge is 2.28. The molecule has 0 aliphatic carbocycles. The van der Waals surface area contributed by atoms with Crippen LogP contribution in [0, 0.1) is 0 Å². The normalized spacial score (nSPS) is 18.9. The number of hydrogen-bond donors (Lipinski definition) is 1. The van der Waals surface area contributed by atoms with Crippen molar-refractivity contribution in [3.05, 3.63) is 24.3 Å². The SMILES string of the molecule is CC1C(=O)Nc2ccccc2N1CCC=O. The summed E-state index contributed by atoms with van der Waals surface area (Å²) in [6.45, 7) is 2.42. The standard InChI is InChI=1S/C12H14N2O2/c1-9-12(16)13-10-5-2-3-6-11(10)14(9)7-4-8-15/h2-3,5-6,8-9H,4,7H2,1H3,(H,13,16). The predicted molar refractivity (Wildman–Crippen MR) is 62.6 cm³/mol. The van der Waals surface area contributed by atoms with E-state index in [1.54, 1.807) is 0 Å². The van der Waals surface area contributed by atoms with Crippen LogP contribution in [0.3, 0.4) is 0 Å². The van der Waals surface area contributed by atoms with Crippen LogP contribution in [0.15, 0.2) is 24.3 Å². The van der Waals surface area contributed by atoms with Crippen LogP contribution in [0.1, 0.15) is 13.3 Å². The van der Waals surface area contributed by atoms with Crippen LogP contribution in [0.5, 0.6) is 0 Å². The summed E-state index contributed by atoms with van der Waals surface area (Å²) in [6.07, 6.45) is 1.31. The lowest BCUT2D eigenvalue weighted by molar-refractivity contribution is -0.117. The average Bonchev–Trinajstić information content (AvgIpc) is 2.30. The first kappa shape index (κ1) is 10.7. The fourth-order valence-corrected chi connectivity index (χ4v) is 1.92. The number of fused-ring (bicyclic) bond motifs is 1. The maximum atomic E-state index is 11.7. The lowest BCUT2D eigenvalue weighted by atomic mass is 10.1. The van der Waals surface area contributed by atoms with Gasteiger partial charge in [-0.25, -0.2) is 0 Å². The van der Waals surface area contributed by atoms with Gasteiger partial charge in [-0.3, -0.25) is 4.79 Å². The van der Waals surface area contributed by atoms with E-state index < -0.39 is 0 Å². The molecule has 1 atom stereocenters. The van der Waals surface area contributed by atoms with Crippen LogP contribution in [0.4, 0.5) is 11.4 Å². The van der Waals surface area contributed by atoms with Crippen molar-refractivity contribution in [3.63, 3.8) is 0 Å². The highest BCUT2D eigenvalue weighted by molar-refractivity contribution is 6.03. The Bertz CT molecular complexity index is 417. The van der Waals surface area contributed by atoms with Crippen molar-refractivity contribution in [1.82, 2.24) is 0 Å². The van der Waals surface area contributed by atoms with Crippen LogP contribution in [0.2, 0.25) is 0 Å². The second-order valence-electron chi connectivity index (χ2n) is 3.83. The molecule has 0 bridgehead atoms. The zero-order chi connectivity index (χ0) is 11.5. The molecule has 0 saturated heterocycles. The Hall–Kier alpha value is -1.84. The minimum Gasteiger partial charge on any atom is -0.358 e.